The number of allylic oxidation sites excluding steroid dienone is 1. The highest BCUT2D eigenvalue weighted by Crippen LogP contribution is 2.20. The van der Waals surface area contributed by atoms with Crippen LogP contribution in [0.5, 0.6) is 0 Å². The maximum absolute atomic E-state index is 4.40. The molecular formula is C16H28IN5. The Hall–Kier alpha value is -1.05. The number of hydrogen-bond acceptors (Lipinski definition) is 2. The SMILES string of the molecule is CC=CCCNC(=NC)N1CCC(Cc2cnn(C)c2)C1.I. The minimum absolute atomic E-state index is 0. The Morgan fingerprint density at radius 3 is 3.00 bits per heavy atom. The molecule has 1 unspecified atom stereocenters. The van der Waals surface area contributed by atoms with E-state index in [1.54, 1.807) is 0 Å². The smallest absolute Gasteiger partial charge is 0.193 e. The van der Waals surface area contributed by atoms with Crippen molar-refractivity contribution in [1.82, 2.24) is 20.0 Å². The van der Waals surface area contributed by atoms with Gasteiger partial charge in [0.2, 0.25) is 0 Å². The number of nitrogens with one attached hydrogen (secondary N) is 1. The molecule has 22 heavy (non-hydrogen) atoms. The number of halogens is 1. The molecule has 2 rings (SSSR count). The number of aryl methyl sites for hydroxylation is 1. The quantitative estimate of drug-likeness (QED) is 0.263. The summed E-state index contributed by atoms with van der Waals surface area (Å²) in [5.41, 5.74) is 1.33. The predicted octanol–water partition coefficient (Wildman–Crippen LogP) is 2.44. The first-order valence-electron chi connectivity index (χ1n) is 7.77. The fourth-order valence-corrected chi connectivity index (χ4v) is 2.87. The second-order valence-electron chi connectivity index (χ2n) is 5.66. The van der Waals surface area contributed by atoms with Crippen LogP contribution in [0.15, 0.2) is 29.5 Å². The summed E-state index contributed by atoms with van der Waals surface area (Å²) in [4.78, 5) is 6.78. The van der Waals surface area contributed by atoms with Crippen molar-refractivity contribution in [2.75, 3.05) is 26.7 Å². The van der Waals surface area contributed by atoms with E-state index < -0.39 is 0 Å². The molecule has 2 heterocycles. The normalized spacial score (nSPS) is 18.8. The minimum atomic E-state index is 0. The number of nitrogens with zero attached hydrogens (tertiary/aromatic N) is 4. The average Bonchev–Trinajstić information content (AvgIpc) is 3.09. The molecule has 1 fully saturated rings. The lowest BCUT2D eigenvalue weighted by Gasteiger charge is -2.21. The average molecular weight is 417 g/mol. The number of guanidine groups is 1. The predicted molar refractivity (Wildman–Crippen MR) is 103 cm³/mol. The highest BCUT2D eigenvalue weighted by atomic mass is 127. The zero-order valence-corrected chi connectivity index (χ0v) is 16.2. The standard InChI is InChI=1S/C16H27N5.HI/c1-4-5-6-8-18-16(17-2)21-9-7-14(13-21)10-15-11-19-20(3)12-15;/h4-5,11-12,14H,6-10,13H2,1-3H3,(H,17,18);1H. The van der Waals surface area contributed by atoms with Gasteiger partial charge < -0.3 is 10.2 Å². The first kappa shape index (κ1) is 19.0. The van der Waals surface area contributed by atoms with Crippen LogP contribution in [0, 0.1) is 5.92 Å². The molecule has 0 amide bonds. The van der Waals surface area contributed by atoms with Crippen molar-refractivity contribution < 1.29 is 0 Å². The molecule has 5 nitrogen and oxygen atoms in total. The van der Waals surface area contributed by atoms with Gasteiger partial charge in [0.1, 0.15) is 0 Å². The van der Waals surface area contributed by atoms with Crippen LogP contribution >= 0.6 is 24.0 Å². The van der Waals surface area contributed by atoms with E-state index in [1.807, 2.05) is 25.0 Å². The Bertz CT molecular complexity index is 494. The molecule has 0 saturated carbocycles. The van der Waals surface area contributed by atoms with E-state index in [4.69, 9.17) is 0 Å². The van der Waals surface area contributed by atoms with Crippen molar-refractivity contribution in [2.24, 2.45) is 18.0 Å². The fraction of sp³-hybridized carbons (Fsp3) is 0.625. The maximum atomic E-state index is 4.40. The Morgan fingerprint density at radius 1 is 1.55 bits per heavy atom. The van der Waals surface area contributed by atoms with E-state index in [0.29, 0.717) is 5.92 Å². The first-order chi connectivity index (χ1) is 10.2. The Balaban J connectivity index is 0.00000242. The molecule has 0 radical (unpaired) electrons. The Kier molecular flexibility index (Phi) is 8.52. The highest BCUT2D eigenvalue weighted by molar-refractivity contribution is 14.0. The molecule has 1 saturated heterocycles. The summed E-state index contributed by atoms with van der Waals surface area (Å²) in [7, 11) is 3.84. The Morgan fingerprint density at radius 2 is 2.36 bits per heavy atom. The summed E-state index contributed by atoms with van der Waals surface area (Å²) in [6.45, 7) is 5.17. The summed E-state index contributed by atoms with van der Waals surface area (Å²) in [5, 5.41) is 7.69. The van der Waals surface area contributed by atoms with Crippen LogP contribution in [0.2, 0.25) is 0 Å². The molecule has 1 aromatic heterocycles. The molecule has 124 valence electrons. The summed E-state index contributed by atoms with van der Waals surface area (Å²) in [6.07, 6.45) is 11.7. The third-order valence-electron chi connectivity index (χ3n) is 3.91. The van der Waals surface area contributed by atoms with E-state index >= 15 is 0 Å². The zero-order valence-electron chi connectivity index (χ0n) is 13.8. The van der Waals surface area contributed by atoms with E-state index in [2.05, 4.69) is 45.6 Å². The molecule has 1 aromatic rings. The van der Waals surface area contributed by atoms with Gasteiger partial charge in [0.25, 0.3) is 0 Å². The van der Waals surface area contributed by atoms with Crippen LogP contribution in [-0.4, -0.2) is 47.3 Å². The number of aliphatic imine (C=N–C) groups is 1. The number of likely N-dealkylation sites (tertiary alicyclic amines) is 1. The van der Waals surface area contributed by atoms with Crippen LogP contribution in [0.25, 0.3) is 0 Å². The molecule has 1 atom stereocenters. The topological polar surface area (TPSA) is 45.5 Å². The summed E-state index contributed by atoms with van der Waals surface area (Å²) >= 11 is 0. The summed E-state index contributed by atoms with van der Waals surface area (Å²) in [6, 6.07) is 0. The molecule has 6 heteroatoms. The van der Waals surface area contributed by atoms with Crippen LogP contribution in [-0.2, 0) is 13.5 Å². The van der Waals surface area contributed by atoms with Crippen molar-refractivity contribution in [3.8, 4) is 0 Å². The molecule has 0 bridgehead atoms. The van der Waals surface area contributed by atoms with Crippen LogP contribution in [0.3, 0.4) is 0 Å². The summed E-state index contributed by atoms with van der Waals surface area (Å²) < 4.78 is 1.88. The van der Waals surface area contributed by atoms with Crippen LogP contribution in [0.1, 0.15) is 25.3 Å². The van der Waals surface area contributed by atoms with E-state index in [0.717, 1.165) is 38.4 Å². The third kappa shape index (κ3) is 5.62. The monoisotopic (exact) mass is 417 g/mol. The van der Waals surface area contributed by atoms with E-state index in [-0.39, 0.29) is 24.0 Å². The second kappa shape index (κ2) is 9.86. The second-order valence-corrected chi connectivity index (χ2v) is 5.66. The van der Waals surface area contributed by atoms with E-state index in [1.165, 1.54) is 12.0 Å². The molecule has 0 aliphatic carbocycles. The van der Waals surface area contributed by atoms with Crippen molar-refractivity contribution in [1.29, 1.82) is 0 Å². The van der Waals surface area contributed by atoms with Crippen molar-refractivity contribution in [2.45, 2.75) is 26.2 Å². The van der Waals surface area contributed by atoms with Crippen molar-refractivity contribution in [3.63, 3.8) is 0 Å². The lowest BCUT2D eigenvalue weighted by atomic mass is 10.0. The number of aromatic nitrogens is 2. The third-order valence-corrected chi connectivity index (χ3v) is 3.91. The van der Waals surface area contributed by atoms with Gasteiger partial charge in [-0.3, -0.25) is 9.67 Å². The van der Waals surface area contributed by atoms with Gasteiger partial charge in [0.05, 0.1) is 6.20 Å². The largest absolute Gasteiger partial charge is 0.356 e. The molecule has 0 spiro atoms. The lowest BCUT2D eigenvalue weighted by molar-refractivity contribution is 0.460. The minimum Gasteiger partial charge on any atom is -0.356 e. The zero-order chi connectivity index (χ0) is 15.1. The van der Waals surface area contributed by atoms with Gasteiger partial charge in [0.15, 0.2) is 5.96 Å². The van der Waals surface area contributed by atoms with Crippen LogP contribution < -0.4 is 5.32 Å². The lowest BCUT2D eigenvalue weighted by Crippen LogP contribution is -2.40. The molecule has 1 aliphatic rings. The molecular weight excluding hydrogens is 389 g/mol. The molecule has 1 aliphatic heterocycles. The van der Waals surface area contributed by atoms with Gasteiger partial charge in [0, 0.05) is 39.9 Å². The number of rotatable bonds is 5. The van der Waals surface area contributed by atoms with Crippen molar-refractivity contribution >= 4 is 29.9 Å². The number of hydrogen-bond donors (Lipinski definition) is 1. The van der Waals surface area contributed by atoms with Crippen molar-refractivity contribution in [3.05, 3.63) is 30.1 Å². The van der Waals surface area contributed by atoms with Gasteiger partial charge in [-0.05, 0) is 37.7 Å². The summed E-state index contributed by atoms with van der Waals surface area (Å²) in [5.74, 6) is 1.73. The van der Waals surface area contributed by atoms with Gasteiger partial charge in [-0.25, -0.2) is 0 Å². The molecule has 1 N–H and O–H groups in total. The molecule has 0 aromatic carbocycles. The van der Waals surface area contributed by atoms with Gasteiger partial charge in [-0.1, -0.05) is 12.2 Å². The van der Waals surface area contributed by atoms with E-state index in [9.17, 15) is 0 Å². The van der Waals surface area contributed by atoms with Gasteiger partial charge >= 0.3 is 0 Å². The highest BCUT2D eigenvalue weighted by Gasteiger charge is 2.25. The van der Waals surface area contributed by atoms with Gasteiger partial charge in [-0.15, -0.1) is 24.0 Å². The van der Waals surface area contributed by atoms with Gasteiger partial charge in [-0.2, -0.15) is 5.10 Å². The maximum Gasteiger partial charge on any atom is 0.193 e. The fourth-order valence-electron chi connectivity index (χ4n) is 2.87. The van der Waals surface area contributed by atoms with Crippen LogP contribution in [0.4, 0.5) is 0 Å². The Labute approximate surface area is 150 Å². The first-order valence-corrected chi connectivity index (χ1v) is 7.77.